The van der Waals surface area contributed by atoms with Crippen molar-refractivity contribution in [1.82, 2.24) is 15.0 Å². The van der Waals surface area contributed by atoms with Crippen LogP contribution >= 0.6 is 0 Å². The summed E-state index contributed by atoms with van der Waals surface area (Å²) in [4.78, 5) is 22.2. The molecule has 2 N–H and O–H groups in total. The van der Waals surface area contributed by atoms with E-state index < -0.39 is 5.97 Å². The van der Waals surface area contributed by atoms with Crippen LogP contribution in [-0.4, -0.2) is 34.1 Å². The van der Waals surface area contributed by atoms with Crippen molar-refractivity contribution in [3.63, 3.8) is 0 Å². The van der Waals surface area contributed by atoms with Gasteiger partial charge in [-0.15, -0.1) is 0 Å². The Balaban J connectivity index is 1.81. The topological polar surface area (TPSA) is 93.0 Å². The summed E-state index contributed by atoms with van der Waals surface area (Å²) in [5, 5.41) is 2.97. The first kappa shape index (κ1) is 12.2. The van der Waals surface area contributed by atoms with Crippen LogP contribution in [0.3, 0.4) is 0 Å². The quantitative estimate of drug-likeness (QED) is 0.749. The van der Waals surface area contributed by atoms with Crippen molar-refractivity contribution in [2.75, 3.05) is 18.5 Å². The first-order chi connectivity index (χ1) is 8.79. The number of imidazole rings is 1. The van der Waals surface area contributed by atoms with Crippen LogP contribution in [0.4, 0.5) is 6.01 Å². The van der Waals surface area contributed by atoms with Gasteiger partial charge in [0, 0.05) is 24.9 Å². The molecule has 0 fully saturated rings. The maximum Gasteiger partial charge on any atom is 0.360 e. The van der Waals surface area contributed by atoms with Gasteiger partial charge in [-0.1, -0.05) is 0 Å². The Morgan fingerprint density at radius 1 is 1.61 bits per heavy atom. The van der Waals surface area contributed by atoms with Crippen LogP contribution in [0.5, 0.6) is 0 Å². The van der Waals surface area contributed by atoms with E-state index in [1.54, 1.807) is 19.4 Å². The molecule has 7 nitrogen and oxygen atoms in total. The predicted octanol–water partition coefficient (Wildman–Crippen LogP) is 1.23. The fourth-order valence-corrected chi connectivity index (χ4v) is 1.38. The van der Waals surface area contributed by atoms with Gasteiger partial charge in [-0.2, -0.15) is 4.98 Å². The third-order valence-corrected chi connectivity index (χ3v) is 2.21. The van der Waals surface area contributed by atoms with Crippen LogP contribution in [0.2, 0.25) is 0 Å². The second-order valence-corrected chi connectivity index (χ2v) is 3.51. The van der Waals surface area contributed by atoms with Gasteiger partial charge in [-0.05, 0) is 6.92 Å². The lowest BCUT2D eigenvalue weighted by atomic mass is 10.3. The van der Waals surface area contributed by atoms with Crippen molar-refractivity contribution < 1.29 is 13.9 Å². The third kappa shape index (κ3) is 3.09. The molecule has 96 valence electrons. The Morgan fingerprint density at radius 3 is 3.22 bits per heavy atom. The third-order valence-electron chi connectivity index (χ3n) is 2.21. The SMILES string of the molecule is CCOC(=O)c1coc(NCCc2cnc[nH]2)n1. The van der Waals surface area contributed by atoms with Crippen molar-refractivity contribution in [2.24, 2.45) is 0 Å². The summed E-state index contributed by atoms with van der Waals surface area (Å²) in [7, 11) is 0. The van der Waals surface area contributed by atoms with E-state index in [9.17, 15) is 4.79 Å². The van der Waals surface area contributed by atoms with Crippen molar-refractivity contribution in [3.05, 3.63) is 30.2 Å². The number of oxazole rings is 1. The van der Waals surface area contributed by atoms with E-state index in [2.05, 4.69) is 20.3 Å². The highest BCUT2D eigenvalue weighted by Gasteiger charge is 2.12. The summed E-state index contributed by atoms with van der Waals surface area (Å²) in [5.41, 5.74) is 1.18. The van der Waals surface area contributed by atoms with E-state index in [1.165, 1.54) is 6.26 Å². The van der Waals surface area contributed by atoms with Crippen molar-refractivity contribution in [1.29, 1.82) is 0 Å². The number of H-pyrrole nitrogens is 1. The highest BCUT2D eigenvalue weighted by atomic mass is 16.5. The fraction of sp³-hybridized carbons (Fsp3) is 0.364. The van der Waals surface area contributed by atoms with Gasteiger partial charge in [-0.3, -0.25) is 0 Å². The Bertz CT molecular complexity index is 492. The molecule has 0 atom stereocenters. The number of aromatic amines is 1. The van der Waals surface area contributed by atoms with Gasteiger partial charge >= 0.3 is 5.97 Å². The molecule has 0 aliphatic heterocycles. The molecule has 7 heteroatoms. The smallest absolute Gasteiger partial charge is 0.360 e. The first-order valence-corrected chi connectivity index (χ1v) is 5.63. The second-order valence-electron chi connectivity index (χ2n) is 3.51. The van der Waals surface area contributed by atoms with Gasteiger partial charge in [-0.25, -0.2) is 9.78 Å². The largest absolute Gasteiger partial charge is 0.461 e. The molecule has 2 aromatic rings. The van der Waals surface area contributed by atoms with E-state index in [4.69, 9.17) is 9.15 Å². The van der Waals surface area contributed by atoms with Gasteiger partial charge in [0.2, 0.25) is 0 Å². The summed E-state index contributed by atoms with van der Waals surface area (Å²) in [6.07, 6.45) is 5.41. The Kier molecular flexibility index (Phi) is 3.95. The number of ether oxygens (including phenoxy) is 1. The minimum atomic E-state index is -0.483. The zero-order valence-electron chi connectivity index (χ0n) is 9.97. The Morgan fingerprint density at radius 2 is 2.50 bits per heavy atom. The fourth-order valence-electron chi connectivity index (χ4n) is 1.38. The molecular formula is C11H14N4O3. The molecule has 0 amide bonds. The average molecular weight is 250 g/mol. The number of carbonyl (C=O) groups excluding carboxylic acids is 1. The number of aromatic nitrogens is 3. The molecule has 0 aliphatic rings. The number of nitrogens with zero attached hydrogens (tertiary/aromatic N) is 2. The first-order valence-electron chi connectivity index (χ1n) is 5.63. The molecule has 0 bridgehead atoms. The lowest BCUT2D eigenvalue weighted by Gasteiger charge is -1.99. The highest BCUT2D eigenvalue weighted by molar-refractivity contribution is 5.87. The summed E-state index contributed by atoms with van der Waals surface area (Å²) in [5.74, 6) is -0.483. The van der Waals surface area contributed by atoms with Crippen LogP contribution in [0.1, 0.15) is 23.1 Å². The summed E-state index contributed by atoms with van der Waals surface area (Å²) in [6.45, 7) is 2.68. The van der Waals surface area contributed by atoms with Gasteiger partial charge in [0.25, 0.3) is 6.01 Å². The standard InChI is InChI=1S/C11H14N4O3/c1-2-17-10(16)9-6-18-11(15-9)13-4-3-8-5-12-7-14-8/h5-7H,2-4H2,1H3,(H,12,14)(H,13,15). The number of nitrogens with one attached hydrogen (secondary N) is 2. The number of rotatable bonds is 6. The Hall–Kier alpha value is -2.31. The normalized spacial score (nSPS) is 10.3. The monoisotopic (exact) mass is 250 g/mol. The summed E-state index contributed by atoms with van der Waals surface area (Å²) < 4.78 is 9.90. The number of esters is 1. The molecule has 2 aromatic heterocycles. The predicted molar refractivity (Wildman–Crippen MR) is 63.2 cm³/mol. The number of hydrogen-bond acceptors (Lipinski definition) is 6. The van der Waals surface area contributed by atoms with Gasteiger partial charge in [0.1, 0.15) is 6.26 Å². The minimum Gasteiger partial charge on any atom is -0.461 e. The number of hydrogen-bond donors (Lipinski definition) is 2. The lowest BCUT2D eigenvalue weighted by Crippen LogP contribution is -2.07. The molecule has 0 aromatic carbocycles. The van der Waals surface area contributed by atoms with Crippen LogP contribution in [0.25, 0.3) is 0 Å². The van der Waals surface area contributed by atoms with E-state index in [1.807, 2.05) is 0 Å². The maximum absolute atomic E-state index is 11.3. The lowest BCUT2D eigenvalue weighted by molar-refractivity contribution is 0.0519. The molecule has 0 saturated heterocycles. The molecular weight excluding hydrogens is 236 g/mol. The molecule has 0 saturated carbocycles. The molecule has 0 spiro atoms. The Labute approximate surface area is 104 Å². The molecule has 0 aliphatic carbocycles. The molecule has 0 unspecified atom stereocenters. The van der Waals surface area contributed by atoms with E-state index in [-0.39, 0.29) is 5.69 Å². The van der Waals surface area contributed by atoms with Gasteiger partial charge in [0.05, 0.1) is 12.9 Å². The highest BCUT2D eigenvalue weighted by Crippen LogP contribution is 2.08. The minimum absolute atomic E-state index is 0.167. The molecule has 2 rings (SSSR count). The zero-order valence-corrected chi connectivity index (χ0v) is 9.97. The van der Waals surface area contributed by atoms with Crippen molar-refractivity contribution >= 4 is 12.0 Å². The van der Waals surface area contributed by atoms with Crippen LogP contribution in [-0.2, 0) is 11.2 Å². The molecule has 2 heterocycles. The van der Waals surface area contributed by atoms with Crippen molar-refractivity contribution in [3.8, 4) is 0 Å². The van der Waals surface area contributed by atoms with Crippen LogP contribution in [0.15, 0.2) is 23.2 Å². The van der Waals surface area contributed by atoms with Crippen molar-refractivity contribution in [2.45, 2.75) is 13.3 Å². The maximum atomic E-state index is 11.3. The zero-order chi connectivity index (χ0) is 12.8. The molecule has 18 heavy (non-hydrogen) atoms. The van der Waals surface area contributed by atoms with E-state index in [0.717, 1.165) is 12.1 Å². The van der Waals surface area contributed by atoms with E-state index >= 15 is 0 Å². The second kappa shape index (κ2) is 5.85. The average Bonchev–Trinajstić information content (AvgIpc) is 3.00. The molecule has 0 radical (unpaired) electrons. The summed E-state index contributed by atoms with van der Waals surface area (Å²) in [6, 6.07) is 0.303. The number of carbonyl (C=O) groups is 1. The van der Waals surface area contributed by atoms with Gasteiger partial charge in [0.15, 0.2) is 5.69 Å². The van der Waals surface area contributed by atoms with Crippen LogP contribution < -0.4 is 5.32 Å². The van der Waals surface area contributed by atoms with E-state index in [0.29, 0.717) is 19.2 Å². The summed E-state index contributed by atoms with van der Waals surface area (Å²) >= 11 is 0. The van der Waals surface area contributed by atoms with Crippen LogP contribution in [0, 0.1) is 0 Å². The van der Waals surface area contributed by atoms with Gasteiger partial charge < -0.3 is 19.5 Å². The number of anilines is 1.